The molecule has 0 radical (unpaired) electrons. The number of rotatable bonds is 6. The molecule has 0 aliphatic rings. The van der Waals surface area contributed by atoms with E-state index in [1.807, 2.05) is 42.6 Å². The van der Waals surface area contributed by atoms with Gasteiger partial charge in [0, 0.05) is 5.38 Å². The van der Waals surface area contributed by atoms with Crippen molar-refractivity contribution in [2.45, 2.75) is 20.5 Å². The van der Waals surface area contributed by atoms with Crippen LogP contribution in [0.3, 0.4) is 0 Å². The Kier molecular flexibility index (Phi) is 4.97. The van der Waals surface area contributed by atoms with Gasteiger partial charge in [0.1, 0.15) is 13.2 Å². The van der Waals surface area contributed by atoms with E-state index in [9.17, 15) is 4.79 Å². The van der Waals surface area contributed by atoms with E-state index in [0.29, 0.717) is 16.8 Å². The molecule has 3 aromatic rings. The van der Waals surface area contributed by atoms with E-state index in [2.05, 4.69) is 15.1 Å². The smallest absolute Gasteiger partial charge is 0.259 e. The van der Waals surface area contributed by atoms with Crippen LogP contribution in [0.4, 0.5) is 10.8 Å². The number of carbonyl (C=O) groups excluding carboxylic acids is 1. The lowest BCUT2D eigenvalue weighted by Gasteiger charge is -2.19. The zero-order valence-corrected chi connectivity index (χ0v) is 14.1. The maximum absolute atomic E-state index is 12.6. The van der Waals surface area contributed by atoms with Crippen molar-refractivity contribution in [2.75, 3.05) is 11.5 Å². The van der Waals surface area contributed by atoms with Crippen LogP contribution >= 0.6 is 11.3 Å². The van der Waals surface area contributed by atoms with E-state index in [-0.39, 0.29) is 19.1 Å². The number of ether oxygens (including phenoxy) is 1. The van der Waals surface area contributed by atoms with Crippen molar-refractivity contribution in [1.82, 2.24) is 15.1 Å². The minimum Gasteiger partial charge on any atom is -0.362 e. The fourth-order valence-electron chi connectivity index (χ4n) is 2.07. The first-order valence-corrected chi connectivity index (χ1v) is 8.18. The molecule has 8 heteroatoms. The number of hydrogen-bond donors (Lipinski definition) is 0. The third kappa shape index (κ3) is 3.84. The molecule has 3 rings (SSSR count). The van der Waals surface area contributed by atoms with Gasteiger partial charge in [-0.05, 0) is 26.0 Å². The maximum atomic E-state index is 12.6. The normalized spacial score (nSPS) is 10.8. The molecular weight excluding hydrogens is 328 g/mol. The van der Waals surface area contributed by atoms with E-state index in [4.69, 9.17) is 9.26 Å². The van der Waals surface area contributed by atoms with E-state index >= 15 is 0 Å². The maximum Gasteiger partial charge on any atom is 0.259 e. The van der Waals surface area contributed by atoms with Crippen LogP contribution < -0.4 is 4.90 Å². The minimum absolute atomic E-state index is 0.0894. The minimum atomic E-state index is -0.216. The summed E-state index contributed by atoms with van der Waals surface area (Å²) in [5.41, 5.74) is 1.61. The molecule has 124 valence electrons. The number of carbonyl (C=O) groups is 1. The summed E-state index contributed by atoms with van der Waals surface area (Å²) in [7, 11) is 0. The van der Waals surface area contributed by atoms with Crippen molar-refractivity contribution in [3.05, 3.63) is 53.1 Å². The van der Waals surface area contributed by atoms with Crippen molar-refractivity contribution in [3.8, 4) is 0 Å². The molecule has 0 saturated carbocycles. The number of nitrogens with zero attached hydrogens (tertiary/aromatic N) is 4. The molecule has 0 unspecified atom stereocenters. The van der Waals surface area contributed by atoms with E-state index in [0.717, 1.165) is 11.4 Å². The summed E-state index contributed by atoms with van der Waals surface area (Å²) >= 11 is 1.41. The number of benzene rings is 1. The molecule has 0 spiro atoms. The molecule has 0 bridgehead atoms. The Morgan fingerprint density at radius 2 is 2.04 bits per heavy atom. The molecule has 0 aliphatic carbocycles. The fourth-order valence-corrected chi connectivity index (χ4v) is 2.91. The Morgan fingerprint density at radius 1 is 1.25 bits per heavy atom. The van der Waals surface area contributed by atoms with Gasteiger partial charge in [-0.2, -0.15) is 4.98 Å². The Bertz CT molecular complexity index is 816. The summed E-state index contributed by atoms with van der Waals surface area (Å²) in [6.45, 7) is 3.59. The molecule has 2 aromatic heterocycles. The SMILES string of the molecule is Cc1csc(N(C(=O)COCc2nc(C)no2)c2ccccc2)n1. The second-order valence-corrected chi connectivity index (χ2v) is 5.90. The monoisotopic (exact) mass is 344 g/mol. The van der Waals surface area contributed by atoms with Crippen LogP contribution in [0.15, 0.2) is 40.2 Å². The summed E-state index contributed by atoms with van der Waals surface area (Å²) in [5, 5.41) is 6.19. The number of hydrogen-bond acceptors (Lipinski definition) is 7. The Balaban J connectivity index is 1.71. The molecule has 0 atom stereocenters. The van der Waals surface area contributed by atoms with Gasteiger partial charge in [-0.15, -0.1) is 11.3 Å². The van der Waals surface area contributed by atoms with Crippen LogP contribution in [0.1, 0.15) is 17.4 Å². The Labute approximate surface area is 142 Å². The summed E-state index contributed by atoms with van der Waals surface area (Å²) < 4.78 is 10.4. The molecule has 0 aliphatic heterocycles. The number of amides is 1. The topological polar surface area (TPSA) is 81.4 Å². The number of aryl methyl sites for hydroxylation is 2. The highest BCUT2D eigenvalue weighted by atomic mass is 32.1. The Hall–Kier alpha value is -2.58. The van der Waals surface area contributed by atoms with Crippen LogP contribution in [-0.2, 0) is 16.1 Å². The molecule has 2 heterocycles. The third-order valence-electron chi connectivity index (χ3n) is 3.08. The van der Waals surface area contributed by atoms with Crippen molar-refractivity contribution in [2.24, 2.45) is 0 Å². The average molecular weight is 344 g/mol. The van der Waals surface area contributed by atoms with Crippen molar-refractivity contribution >= 4 is 28.1 Å². The molecule has 7 nitrogen and oxygen atoms in total. The zero-order valence-electron chi connectivity index (χ0n) is 13.3. The molecule has 1 amide bonds. The quantitative estimate of drug-likeness (QED) is 0.684. The van der Waals surface area contributed by atoms with E-state index in [1.165, 1.54) is 11.3 Å². The van der Waals surface area contributed by atoms with Gasteiger partial charge < -0.3 is 9.26 Å². The highest BCUT2D eigenvalue weighted by Crippen LogP contribution is 2.28. The predicted octanol–water partition coefficient (Wildman–Crippen LogP) is 3.02. The van der Waals surface area contributed by atoms with Gasteiger partial charge >= 0.3 is 0 Å². The number of anilines is 2. The van der Waals surface area contributed by atoms with E-state index in [1.54, 1.807) is 11.8 Å². The standard InChI is InChI=1S/C16H16N4O3S/c1-11-10-24-16(17-11)20(13-6-4-3-5-7-13)15(21)9-22-8-14-18-12(2)19-23-14/h3-7,10H,8-9H2,1-2H3. The lowest BCUT2D eigenvalue weighted by atomic mass is 10.3. The largest absolute Gasteiger partial charge is 0.362 e. The zero-order chi connectivity index (χ0) is 16.9. The van der Waals surface area contributed by atoms with Crippen molar-refractivity contribution < 1.29 is 14.1 Å². The second-order valence-electron chi connectivity index (χ2n) is 5.06. The van der Waals surface area contributed by atoms with Crippen LogP contribution in [0, 0.1) is 13.8 Å². The summed E-state index contributed by atoms with van der Waals surface area (Å²) in [6.07, 6.45) is 0. The first kappa shape index (κ1) is 16.3. The second kappa shape index (κ2) is 7.33. The van der Waals surface area contributed by atoms with Gasteiger partial charge in [-0.1, -0.05) is 23.4 Å². The Morgan fingerprint density at radius 3 is 2.67 bits per heavy atom. The number of para-hydroxylation sites is 1. The molecule has 0 fully saturated rings. The van der Waals surface area contributed by atoms with Gasteiger partial charge in [-0.25, -0.2) is 4.98 Å². The summed E-state index contributed by atoms with van der Waals surface area (Å²) in [5.74, 6) is 0.660. The predicted molar refractivity (Wildman–Crippen MR) is 89.1 cm³/mol. The van der Waals surface area contributed by atoms with Crippen LogP contribution in [0.25, 0.3) is 0 Å². The van der Waals surface area contributed by atoms with Gasteiger partial charge in [-0.3, -0.25) is 9.69 Å². The molecule has 0 N–H and O–H groups in total. The molecule has 1 aromatic carbocycles. The number of aromatic nitrogens is 3. The van der Waals surface area contributed by atoms with Gasteiger partial charge in [0.25, 0.3) is 11.8 Å². The van der Waals surface area contributed by atoms with Gasteiger partial charge in [0.15, 0.2) is 11.0 Å². The van der Waals surface area contributed by atoms with Crippen molar-refractivity contribution in [3.63, 3.8) is 0 Å². The lowest BCUT2D eigenvalue weighted by Crippen LogP contribution is -2.29. The van der Waals surface area contributed by atoms with Crippen LogP contribution in [0.5, 0.6) is 0 Å². The van der Waals surface area contributed by atoms with Gasteiger partial charge in [0.2, 0.25) is 0 Å². The first-order chi connectivity index (χ1) is 11.6. The van der Waals surface area contributed by atoms with Gasteiger partial charge in [0.05, 0.1) is 11.4 Å². The number of thiazole rings is 1. The highest BCUT2D eigenvalue weighted by molar-refractivity contribution is 7.14. The summed E-state index contributed by atoms with van der Waals surface area (Å²) in [4.78, 5) is 22.6. The third-order valence-corrected chi connectivity index (χ3v) is 4.03. The fraction of sp³-hybridized carbons (Fsp3) is 0.250. The average Bonchev–Trinajstić information content (AvgIpc) is 3.17. The molecule has 24 heavy (non-hydrogen) atoms. The first-order valence-electron chi connectivity index (χ1n) is 7.30. The molecular formula is C16H16N4O3S. The van der Waals surface area contributed by atoms with Crippen LogP contribution in [-0.4, -0.2) is 27.6 Å². The highest BCUT2D eigenvalue weighted by Gasteiger charge is 2.21. The van der Waals surface area contributed by atoms with Crippen LogP contribution in [0.2, 0.25) is 0 Å². The van der Waals surface area contributed by atoms with E-state index < -0.39 is 0 Å². The lowest BCUT2D eigenvalue weighted by molar-refractivity contribution is -0.123. The summed E-state index contributed by atoms with van der Waals surface area (Å²) in [6, 6.07) is 9.36. The van der Waals surface area contributed by atoms with Crippen molar-refractivity contribution in [1.29, 1.82) is 0 Å². The molecule has 0 saturated heterocycles.